The van der Waals surface area contributed by atoms with E-state index in [4.69, 9.17) is 23.2 Å². The first-order valence-corrected chi connectivity index (χ1v) is 5.66. The third-order valence-electron chi connectivity index (χ3n) is 1.69. The average Bonchev–Trinajstić information content (AvgIpc) is 2.52. The molecule has 0 spiro atoms. The molecule has 3 nitrogen and oxygen atoms in total. The van der Waals surface area contributed by atoms with Crippen LogP contribution in [0.4, 0.5) is 0 Å². The molecule has 0 fully saturated rings. The molecule has 0 bridgehead atoms. The molecule has 1 aromatic rings. The van der Waals surface area contributed by atoms with Gasteiger partial charge in [-0.3, -0.25) is 0 Å². The maximum Gasteiger partial charge on any atom is 0.354 e. The van der Waals surface area contributed by atoms with Gasteiger partial charge in [0.05, 0.1) is 18.7 Å². The Balaban J connectivity index is 3.18. The van der Waals surface area contributed by atoms with Crippen molar-refractivity contribution in [2.75, 3.05) is 7.11 Å². The number of ether oxygens (including phenoxy) is 1. The standard InChI is InChI=1S/C9H6Cl2INO2/c1-15-9(14)7-5-6(10)8(11)13(7)4-2-3-12/h5H,4H2,1H3. The SMILES string of the molecule is COC(=O)c1cc(Cl)c(Cl)n1CC#CI. The van der Waals surface area contributed by atoms with Gasteiger partial charge in [-0.05, 0) is 9.99 Å². The number of rotatable bonds is 2. The largest absolute Gasteiger partial charge is 0.464 e. The summed E-state index contributed by atoms with van der Waals surface area (Å²) < 4.78 is 8.78. The van der Waals surface area contributed by atoms with Crippen LogP contribution in [0.5, 0.6) is 0 Å². The van der Waals surface area contributed by atoms with Crippen molar-refractivity contribution in [3.63, 3.8) is 0 Å². The highest BCUT2D eigenvalue weighted by Gasteiger charge is 2.17. The number of aromatic nitrogens is 1. The highest BCUT2D eigenvalue weighted by molar-refractivity contribution is 14.1. The fraction of sp³-hybridized carbons (Fsp3) is 0.222. The zero-order chi connectivity index (χ0) is 11.4. The van der Waals surface area contributed by atoms with E-state index in [0.29, 0.717) is 17.3 Å². The first-order chi connectivity index (χ1) is 7.11. The molecule has 0 saturated carbocycles. The molecule has 1 heterocycles. The normalized spacial score (nSPS) is 9.33. The summed E-state index contributed by atoms with van der Waals surface area (Å²) in [4.78, 5) is 11.4. The zero-order valence-electron chi connectivity index (χ0n) is 7.68. The topological polar surface area (TPSA) is 31.2 Å². The van der Waals surface area contributed by atoms with Gasteiger partial charge < -0.3 is 9.30 Å². The van der Waals surface area contributed by atoms with Gasteiger partial charge in [-0.15, -0.1) is 0 Å². The molecule has 6 heteroatoms. The molecule has 0 aliphatic rings. The molecule has 1 rings (SSSR count). The van der Waals surface area contributed by atoms with Crippen LogP contribution in [0.25, 0.3) is 0 Å². The summed E-state index contributed by atoms with van der Waals surface area (Å²) in [5, 5.41) is 0.601. The fourth-order valence-corrected chi connectivity index (χ4v) is 1.61. The highest BCUT2D eigenvalue weighted by atomic mass is 127. The van der Waals surface area contributed by atoms with E-state index in [0.717, 1.165) is 0 Å². The van der Waals surface area contributed by atoms with E-state index in [1.165, 1.54) is 17.7 Å². The lowest BCUT2D eigenvalue weighted by Crippen LogP contribution is -2.10. The lowest BCUT2D eigenvalue weighted by molar-refractivity contribution is 0.0589. The third kappa shape index (κ3) is 2.80. The number of nitrogens with zero attached hydrogens (tertiary/aromatic N) is 1. The molecular formula is C9H6Cl2INO2. The van der Waals surface area contributed by atoms with Crippen LogP contribution in [0, 0.1) is 9.85 Å². The molecule has 0 atom stereocenters. The Kier molecular flexibility index (Phi) is 4.77. The van der Waals surface area contributed by atoms with Crippen molar-refractivity contribution in [1.29, 1.82) is 0 Å². The molecule has 15 heavy (non-hydrogen) atoms. The summed E-state index contributed by atoms with van der Waals surface area (Å²) in [5.41, 5.74) is 0.298. The number of carbonyl (C=O) groups is 1. The molecule has 0 saturated heterocycles. The van der Waals surface area contributed by atoms with Gasteiger partial charge in [0.1, 0.15) is 10.8 Å². The molecule has 0 aliphatic heterocycles. The van der Waals surface area contributed by atoms with Crippen LogP contribution in [0.2, 0.25) is 10.2 Å². The van der Waals surface area contributed by atoms with Gasteiger partial charge in [-0.25, -0.2) is 4.79 Å². The van der Waals surface area contributed by atoms with Crippen molar-refractivity contribution in [3.8, 4) is 9.85 Å². The van der Waals surface area contributed by atoms with Crippen molar-refractivity contribution >= 4 is 51.8 Å². The van der Waals surface area contributed by atoms with Gasteiger partial charge in [-0.2, -0.15) is 0 Å². The van der Waals surface area contributed by atoms with Gasteiger partial charge in [-0.1, -0.05) is 29.1 Å². The zero-order valence-corrected chi connectivity index (χ0v) is 11.4. The Morgan fingerprint density at radius 3 is 2.87 bits per heavy atom. The summed E-state index contributed by atoms with van der Waals surface area (Å²) in [6, 6.07) is 1.46. The van der Waals surface area contributed by atoms with Crippen molar-refractivity contribution in [3.05, 3.63) is 21.9 Å². The summed E-state index contributed by atoms with van der Waals surface area (Å²) in [5.74, 6) is 2.30. The summed E-state index contributed by atoms with van der Waals surface area (Å²) in [6.07, 6.45) is 0. The first kappa shape index (κ1) is 12.7. The van der Waals surface area contributed by atoms with Gasteiger partial charge in [0.15, 0.2) is 0 Å². The number of esters is 1. The number of halogens is 3. The maximum atomic E-state index is 11.4. The van der Waals surface area contributed by atoms with Crippen LogP contribution < -0.4 is 0 Å². The molecule has 0 unspecified atom stereocenters. The summed E-state index contributed by atoms with van der Waals surface area (Å²) in [7, 11) is 1.30. The Labute approximate surface area is 111 Å². The molecule has 0 N–H and O–H groups in total. The quantitative estimate of drug-likeness (QED) is 0.463. The Bertz CT molecular complexity index is 445. The Morgan fingerprint density at radius 1 is 1.67 bits per heavy atom. The predicted octanol–water partition coefficient (Wildman–Crippen LogP) is 2.98. The van der Waals surface area contributed by atoms with Gasteiger partial charge >= 0.3 is 5.97 Å². The van der Waals surface area contributed by atoms with Crippen LogP contribution in [0.1, 0.15) is 10.5 Å². The van der Waals surface area contributed by atoms with E-state index in [-0.39, 0.29) is 5.15 Å². The monoisotopic (exact) mass is 357 g/mol. The van der Waals surface area contributed by atoms with Crippen molar-refractivity contribution < 1.29 is 9.53 Å². The smallest absolute Gasteiger partial charge is 0.354 e. The first-order valence-electron chi connectivity index (χ1n) is 3.83. The Hall–Kier alpha value is -0.380. The molecule has 80 valence electrons. The summed E-state index contributed by atoms with van der Waals surface area (Å²) in [6.45, 7) is 0.304. The highest BCUT2D eigenvalue weighted by Crippen LogP contribution is 2.26. The van der Waals surface area contributed by atoms with E-state index in [2.05, 4.69) is 14.6 Å². The number of hydrogen-bond acceptors (Lipinski definition) is 2. The predicted molar refractivity (Wildman–Crippen MR) is 67.6 cm³/mol. The van der Waals surface area contributed by atoms with Crippen LogP contribution in [0.3, 0.4) is 0 Å². The van der Waals surface area contributed by atoms with Crippen LogP contribution in [-0.4, -0.2) is 17.6 Å². The van der Waals surface area contributed by atoms with Crippen LogP contribution in [-0.2, 0) is 11.3 Å². The van der Waals surface area contributed by atoms with Crippen molar-refractivity contribution in [2.45, 2.75) is 6.54 Å². The molecular weight excluding hydrogens is 352 g/mol. The number of carbonyl (C=O) groups excluding carboxylic acids is 1. The van der Waals surface area contributed by atoms with E-state index in [1.54, 1.807) is 0 Å². The van der Waals surface area contributed by atoms with Crippen molar-refractivity contribution in [2.24, 2.45) is 0 Å². The second-order valence-corrected chi connectivity index (χ2v) is 3.82. The molecule has 0 aliphatic carbocycles. The maximum absolute atomic E-state index is 11.4. The molecule has 0 aromatic carbocycles. The van der Waals surface area contributed by atoms with Crippen LogP contribution in [0.15, 0.2) is 6.07 Å². The third-order valence-corrected chi connectivity index (χ3v) is 2.86. The molecule has 1 aromatic heterocycles. The summed E-state index contributed by atoms with van der Waals surface area (Å²) >= 11 is 13.6. The van der Waals surface area contributed by atoms with Gasteiger partial charge in [0, 0.05) is 22.6 Å². The van der Waals surface area contributed by atoms with E-state index >= 15 is 0 Å². The minimum absolute atomic E-state index is 0.288. The molecule has 0 radical (unpaired) electrons. The van der Waals surface area contributed by atoms with Crippen LogP contribution >= 0.6 is 45.8 Å². The Morgan fingerprint density at radius 2 is 2.33 bits per heavy atom. The van der Waals surface area contributed by atoms with E-state index in [9.17, 15) is 4.79 Å². The van der Waals surface area contributed by atoms with Crippen molar-refractivity contribution in [1.82, 2.24) is 4.57 Å². The van der Waals surface area contributed by atoms with Gasteiger partial charge in [0.25, 0.3) is 0 Å². The second kappa shape index (κ2) is 5.64. The average molecular weight is 358 g/mol. The lowest BCUT2D eigenvalue weighted by atomic mass is 10.4. The second-order valence-electron chi connectivity index (χ2n) is 2.52. The number of methoxy groups -OCH3 is 1. The minimum Gasteiger partial charge on any atom is -0.464 e. The molecule has 0 amide bonds. The van der Waals surface area contributed by atoms with E-state index < -0.39 is 5.97 Å². The number of hydrogen-bond donors (Lipinski definition) is 0. The fourth-order valence-electron chi connectivity index (χ4n) is 1.03. The lowest BCUT2D eigenvalue weighted by Gasteiger charge is -2.04. The minimum atomic E-state index is -0.487. The van der Waals surface area contributed by atoms with E-state index in [1.807, 2.05) is 22.6 Å². The van der Waals surface area contributed by atoms with Gasteiger partial charge in [0.2, 0.25) is 0 Å².